The van der Waals surface area contributed by atoms with Crippen LogP contribution in [0.3, 0.4) is 0 Å². The van der Waals surface area contributed by atoms with Crippen LogP contribution in [0.5, 0.6) is 0 Å². The predicted molar refractivity (Wildman–Crippen MR) is 77.5 cm³/mol. The summed E-state index contributed by atoms with van der Waals surface area (Å²) in [6.45, 7) is 2.00. The van der Waals surface area contributed by atoms with Crippen LogP contribution in [0.15, 0.2) is 48.7 Å². The first-order valence-electron chi connectivity index (χ1n) is 6.12. The van der Waals surface area contributed by atoms with Crippen LogP contribution in [-0.2, 0) is 0 Å². The van der Waals surface area contributed by atoms with Crippen molar-refractivity contribution < 1.29 is 0 Å². The predicted octanol–water partition coefficient (Wildman–Crippen LogP) is 4.09. The zero-order valence-electron chi connectivity index (χ0n) is 10.6. The van der Waals surface area contributed by atoms with Crippen LogP contribution >= 0.6 is 0 Å². The average Bonchev–Trinajstić information content (AvgIpc) is 2.88. The number of aryl methyl sites for hydroxylation is 1. The van der Waals surface area contributed by atoms with Crippen LogP contribution in [-0.4, -0.2) is 4.98 Å². The van der Waals surface area contributed by atoms with E-state index >= 15 is 0 Å². The van der Waals surface area contributed by atoms with Crippen molar-refractivity contribution in [1.29, 1.82) is 5.26 Å². The normalized spacial score (nSPS) is 10.3. The molecule has 3 rings (SSSR count). The number of anilines is 2. The summed E-state index contributed by atoms with van der Waals surface area (Å²) in [5.74, 6) is 0. The molecule has 19 heavy (non-hydrogen) atoms. The molecule has 0 spiro atoms. The summed E-state index contributed by atoms with van der Waals surface area (Å²) in [7, 11) is 0. The number of nitrogens with zero attached hydrogens (tertiary/aromatic N) is 1. The van der Waals surface area contributed by atoms with Gasteiger partial charge in [0, 0.05) is 17.4 Å². The molecule has 0 aliphatic rings. The van der Waals surface area contributed by atoms with Crippen molar-refractivity contribution in [2.24, 2.45) is 0 Å². The topological polar surface area (TPSA) is 51.6 Å². The van der Waals surface area contributed by atoms with Gasteiger partial charge in [-0.05, 0) is 42.1 Å². The Morgan fingerprint density at radius 2 is 2.05 bits per heavy atom. The van der Waals surface area contributed by atoms with Crippen molar-refractivity contribution in [1.82, 2.24) is 4.98 Å². The Morgan fingerprint density at radius 3 is 2.89 bits per heavy atom. The molecular weight excluding hydrogens is 234 g/mol. The number of hydrogen-bond donors (Lipinski definition) is 2. The third kappa shape index (κ3) is 2.04. The van der Waals surface area contributed by atoms with E-state index in [-0.39, 0.29) is 0 Å². The molecule has 3 heteroatoms. The number of rotatable bonds is 2. The first kappa shape index (κ1) is 11.4. The number of para-hydroxylation sites is 1. The van der Waals surface area contributed by atoms with E-state index in [2.05, 4.69) is 22.4 Å². The Kier molecular flexibility index (Phi) is 2.70. The molecule has 3 nitrogen and oxygen atoms in total. The molecule has 3 aromatic rings. The molecule has 0 radical (unpaired) electrons. The maximum Gasteiger partial charge on any atom is 0.101 e. The minimum Gasteiger partial charge on any atom is -0.361 e. The van der Waals surface area contributed by atoms with Gasteiger partial charge in [0.15, 0.2) is 0 Å². The van der Waals surface area contributed by atoms with Gasteiger partial charge in [-0.1, -0.05) is 18.2 Å². The van der Waals surface area contributed by atoms with Crippen LogP contribution in [0.1, 0.15) is 11.1 Å². The largest absolute Gasteiger partial charge is 0.361 e. The average molecular weight is 247 g/mol. The molecule has 2 N–H and O–H groups in total. The van der Waals surface area contributed by atoms with Crippen molar-refractivity contribution >= 4 is 22.3 Å². The number of aromatic amines is 1. The second kappa shape index (κ2) is 4.51. The van der Waals surface area contributed by atoms with E-state index in [0.29, 0.717) is 5.56 Å². The third-order valence-electron chi connectivity index (χ3n) is 3.22. The first-order valence-corrected chi connectivity index (χ1v) is 6.12. The monoisotopic (exact) mass is 247 g/mol. The van der Waals surface area contributed by atoms with Crippen molar-refractivity contribution in [3.05, 3.63) is 59.8 Å². The SMILES string of the molecule is Cc1cccc(C#N)c1Nc1ccc2cc[nH]c2c1. The Hall–Kier alpha value is -2.73. The lowest BCUT2D eigenvalue weighted by atomic mass is 10.1. The molecule has 0 bridgehead atoms. The maximum absolute atomic E-state index is 9.16. The van der Waals surface area contributed by atoms with Gasteiger partial charge in [-0.2, -0.15) is 5.26 Å². The van der Waals surface area contributed by atoms with Crippen LogP contribution in [0.4, 0.5) is 11.4 Å². The summed E-state index contributed by atoms with van der Waals surface area (Å²) in [5, 5.41) is 13.7. The Balaban J connectivity index is 2.03. The van der Waals surface area contributed by atoms with E-state index in [1.165, 1.54) is 5.39 Å². The smallest absolute Gasteiger partial charge is 0.101 e. The van der Waals surface area contributed by atoms with Gasteiger partial charge in [0.1, 0.15) is 6.07 Å². The summed E-state index contributed by atoms with van der Waals surface area (Å²) >= 11 is 0. The summed E-state index contributed by atoms with van der Waals surface area (Å²) < 4.78 is 0. The number of hydrogen-bond acceptors (Lipinski definition) is 2. The zero-order valence-corrected chi connectivity index (χ0v) is 10.6. The lowest BCUT2D eigenvalue weighted by Gasteiger charge is -2.11. The van der Waals surface area contributed by atoms with Gasteiger partial charge >= 0.3 is 0 Å². The van der Waals surface area contributed by atoms with Gasteiger partial charge < -0.3 is 10.3 Å². The minimum absolute atomic E-state index is 0.659. The molecule has 0 saturated carbocycles. The fraction of sp³-hybridized carbons (Fsp3) is 0.0625. The highest BCUT2D eigenvalue weighted by Gasteiger charge is 2.06. The van der Waals surface area contributed by atoms with Crippen molar-refractivity contribution in [2.45, 2.75) is 6.92 Å². The number of aromatic nitrogens is 1. The highest BCUT2D eigenvalue weighted by atomic mass is 14.9. The molecule has 0 aliphatic carbocycles. The van der Waals surface area contributed by atoms with Gasteiger partial charge in [0.05, 0.1) is 11.3 Å². The van der Waals surface area contributed by atoms with E-state index in [1.54, 1.807) is 0 Å². The second-order valence-corrected chi connectivity index (χ2v) is 4.51. The standard InChI is InChI=1S/C16H13N3/c1-11-3-2-4-13(10-17)16(11)19-14-6-5-12-7-8-18-15(12)9-14/h2-9,18-19H,1H3. The number of fused-ring (bicyclic) bond motifs is 1. The third-order valence-corrected chi connectivity index (χ3v) is 3.22. The van der Waals surface area contributed by atoms with E-state index in [9.17, 15) is 0 Å². The number of benzene rings is 2. The van der Waals surface area contributed by atoms with Crippen molar-refractivity contribution in [3.63, 3.8) is 0 Å². The van der Waals surface area contributed by atoms with Crippen molar-refractivity contribution in [2.75, 3.05) is 5.32 Å². The summed E-state index contributed by atoms with van der Waals surface area (Å²) in [4.78, 5) is 3.18. The molecule has 0 unspecified atom stereocenters. The Morgan fingerprint density at radius 1 is 1.16 bits per heavy atom. The molecule has 0 aliphatic heterocycles. The van der Waals surface area contributed by atoms with Gasteiger partial charge in [0.25, 0.3) is 0 Å². The fourth-order valence-corrected chi connectivity index (χ4v) is 2.20. The molecule has 0 amide bonds. The fourth-order valence-electron chi connectivity index (χ4n) is 2.20. The van der Waals surface area contributed by atoms with Gasteiger partial charge in [-0.25, -0.2) is 0 Å². The number of H-pyrrole nitrogens is 1. The minimum atomic E-state index is 0.659. The van der Waals surface area contributed by atoms with E-state index in [0.717, 1.165) is 22.5 Å². The van der Waals surface area contributed by atoms with Crippen LogP contribution in [0, 0.1) is 18.3 Å². The highest BCUT2D eigenvalue weighted by molar-refractivity contribution is 5.84. The molecule has 0 fully saturated rings. The molecule has 0 atom stereocenters. The molecule has 0 saturated heterocycles. The lowest BCUT2D eigenvalue weighted by molar-refractivity contribution is 1.39. The molecule has 1 aromatic heterocycles. The van der Waals surface area contributed by atoms with E-state index in [1.807, 2.05) is 49.5 Å². The van der Waals surface area contributed by atoms with Gasteiger partial charge in [-0.3, -0.25) is 0 Å². The quantitative estimate of drug-likeness (QED) is 0.716. The van der Waals surface area contributed by atoms with Gasteiger partial charge in [-0.15, -0.1) is 0 Å². The number of nitriles is 1. The highest BCUT2D eigenvalue weighted by Crippen LogP contribution is 2.26. The van der Waals surface area contributed by atoms with Gasteiger partial charge in [0.2, 0.25) is 0 Å². The summed E-state index contributed by atoms with van der Waals surface area (Å²) in [5.41, 5.74) is 4.64. The number of nitrogens with one attached hydrogen (secondary N) is 2. The van der Waals surface area contributed by atoms with Crippen LogP contribution < -0.4 is 5.32 Å². The van der Waals surface area contributed by atoms with E-state index < -0.39 is 0 Å². The Bertz CT molecular complexity index is 778. The lowest BCUT2D eigenvalue weighted by Crippen LogP contribution is -1.96. The summed E-state index contributed by atoms with van der Waals surface area (Å²) in [6, 6.07) is 16.1. The summed E-state index contributed by atoms with van der Waals surface area (Å²) in [6.07, 6.45) is 1.92. The maximum atomic E-state index is 9.16. The molecule has 92 valence electrons. The van der Waals surface area contributed by atoms with Crippen molar-refractivity contribution in [3.8, 4) is 6.07 Å². The first-order chi connectivity index (χ1) is 9.28. The molecule has 2 aromatic carbocycles. The van der Waals surface area contributed by atoms with E-state index in [4.69, 9.17) is 5.26 Å². The molecular formula is C16H13N3. The Labute approximate surface area is 111 Å². The van der Waals surface area contributed by atoms with Crippen LogP contribution in [0.2, 0.25) is 0 Å². The zero-order chi connectivity index (χ0) is 13.2. The second-order valence-electron chi connectivity index (χ2n) is 4.51. The van der Waals surface area contributed by atoms with Crippen LogP contribution in [0.25, 0.3) is 10.9 Å². The molecule has 1 heterocycles.